The van der Waals surface area contributed by atoms with Crippen molar-refractivity contribution in [2.45, 2.75) is 33.2 Å². The lowest BCUT2D eigenvalue weighted by atomic mass is 10.0. The van der Waals surface area contributed by atoms with Crippen molar-refractivity contribution in [2.24, 2.45) is 5.73 Å². The minimum absolute atomic E-state index is 0.463. The molecule has 0 aliphatic rings. The molecule has 0 aliphatic heterocycles. The Morgan fingerprint density at radius 2 is 1.75 bits per heavy atom. The average Bonchev–Trinajstić information content (AvgIpc) is 2.23. The maximum Gasteiger partial charge on any atom is 0.0317 e. The minimum atomic E-state index is 0.463. The van der Waals surface area contributed by atoms with Crippen molar-refractivity contribution < 1.29 is 0 Å². The second-order valence-corrected chi connectivity index (χ2v) is 4.72. The summed E-state index contributed by atoms with van der Waals surface area (Å²) in [5.41, 5.74) is 9.62. The summed E-state index contributed by atoms with van der Waals surface area (Å²) in [5, 5.41) is 0. The number of benzene rings is 1. The van der Waals surface area contributed by atoms with Crippen LogP contribution in [0.3, 0.4) is 0 Å². The Balaban J connectivity index is 2.74. The lowest BCUT2D eigenvalue weighted by Gasteiger charge is -2.25. The van der Waals surface area contributed by atoms with Crippen molar-refractivity contribution in [1.82, 2.24) is 4.90 Å². The van der Waals surface area contributed by atoms with E-state index in [1.165, 1.54) is 16.7 Å². The van der Waals surface area contributed by atoms with Crippen molar-refractivity contribution in [3.05, 3.63) is 34.9 Å². The highest BCUT2D eigenvalue weighted by Crippen LogP contribution is 2.21. The van der Waals surface area contributed by atoms with E-state index in [2.05, 4.69) is 50.9 Å². The zero-order chi connectivity index (χ0) is 12.1. The number of nitrogens with zero attached hydrogens (tertiary/aromatic N) is 1. The van der Waals surface area contributed by atoms with Crippen LogP contribution < -0.4 is 5.73 Å². The van der Waals surface area contributed by atoms with Gasteiger partial charge in [0.15, 0.2) is 0 Å². The van der Waals surface area contributed by atoms with E-state index in [0.29, 0.717) is 6.04 Å². The van der Waals surface area contributed by atoms with Gasteiger partial charge in [0.25, 0.3) is 0 Å². The first-order chi connectivity index (χ1) is 7.54. The largest absolute Gasteiger partial charge is 0.330 e. The van der Waals surface area contributed by atoms with Gasteiger partial charge in [0.1, 0.15) is 0 Å². The SMILES string of the molecule is Cc1cc(C)cc(C(C)N(C)CCCN)c1. The van der Waals surface area contributed by atoms with Gasteiger partial charge in [-0.15, -0.1) is 0 Å². The van der Waals surface area contributed by atoms with E-state index >= 15 is 0 Å². The van der Waals surface area contributed by atoms with Gasteiger partial charge >= 0.3 is 0 Å². The van der Waals surface area contributed by atoms with Crippen LogP contribution in [0.5, 0.6) is 0 Å². The fourth-order valence-corrected chi connectivity index (χ4v) is 2.04. The summed E-state index contributed by atoms with van der Waals surface area (Å²) in [7, 11) is 2.16. The van der Waals surface area contributed by atoms with Crippen LogP contribution in [-0.2, 0) is 0 Å². The first kappa shape index (κ1) is 13.2. The van der Waals surface area contributed by atoms with E-state index in [1.54, 1.807) is 0 Å². The van der Waals surface area contributed by atoms with Crippen LogP contribution >= 0.6 is 0 Å². The predicted molar refractivity (Wildman–Crippen MR) is 70.6 cm³/mol. The molecule has 1 rings (SSSR count). The van der Waals surface area contributed by atoms with Crippen molar-refractivity contribution in [1.29, 1.82) is 0 Å². The van der Waals surface area contributed by atoms with Crippen LogP contribution in [0.2, 0.25) is 0 Å². The molecule has 0 saturated carbocycles. The second kappa shape index (κ2) is 6.02. The average molecular weight is 220 g/mol. The molecular weight excluding hydrogens is 196 g/mol. The Bertz CT molecular complexity index is 313. The van der Waals surface area contributed by atoms with Crippen molar-refractivity contribution in [3.8, 4) is 0 Å². The van der Waals surface area contributed by atoms with Gasteiger partial charge in [0.2, 0.25) is 0 Å². The van der Waals surface area contributed by atoms with Gasteiger partial charge < -0.3 is 5.73 Å². The Morgan fingerprint density at radius 3 is 2.25 bits per heavy atom. The highest BCUT2D eigenvalue weighted by molar-refractivity contribution is 5.30. The Kier molecular flexibility index (Phi) is 4.97. The van der Waals surface area contributed by atoms with E-state index in [0.717, 1.165) is 19.5 Å². The fourth-order valence-electron chi connectivity index (χ4n) is 2.04. The van der Waals surface area contributed by atoms with Gasteiger partial charge in [-0.2, -0.15) is 0 Å². The number of nitrogens with two attached hydrogens (primary N) is 1. The van der Waals surface area contributed by atoms with Gasteiger partial charge in [-0.05, 0) is 52.9 Å². The third-order valence-electron chi connectivity index (χ3n) is 3.10. The summed E-state index contributed by atoms with van der Waals surface area (Å²) in [5.74, 6) is 0. The summed E-state index contributed by atoms with van der Waals surface area (Å²) < 4.78 is 0. The predicted octanol–water partition coefficient (Wildman–Crippen LogP) is 2.65. The summed E-state index contributed by atoms with van der Waals surface area (Å²) in [6.07, 6.45) is 1.06. The second-order valence-electron chi connectivity index (χ2n) is 4.72. The molecule has 1 aromatic rings. The summed E-state index contributed by atoms with van der Waals surface area (Å²) in [6, 6.07) is 7.23. The molecule has 1 atom stereocenters. The Morgan fingerprint density at radius 1 is 1.19 bits per heavy atom. The number of hydrogen-bond donors (Lipinski definition) is 1. The molecule has 90 valence electrons. The van der Waals surface area contributed by atoms with Crippen LogP contribution in [0.15, 0.2) is 18.2 Å². The van der Waals surface area contributed by atoms with Gasteiger partial charge in [-0.25, -0.2) is 0 Å². The molecule has 1 aromatic carbocycles. The zero-order valence-corrected chi connectivity index (χ0v) is 11.0. The third-order valence-corrected chi connectivity index (χ3v) is 3.10. The van der Waals surface area contributed by atoms with Crippen molar-refractivity contribution in [3.63, 3.8) is 0 Å². The minimum Gasteiger partial charge on any atom is -0.330 e. The first-order valence-electron chi connectivity index (χ1n) is 6.03. The van der Waals surface area contributed by atoms with E-state index in [4.69, 9.17) is 5.73 Å². The monoisotopic (exact) mass is 220 g/mol. The molecule has 0 fully saturated rings. The Labute approximate surface area is 99.5 Å². The topological polar surface area (TPSA) is 29.3 Å². The molecule has 0 saturated heterocycles. The van der Waals surface area contributed by atoms with Gasteiger partial charge in [-0.1, -0.05) is 29.3 Å². The summed E-state index contributed by atoms with van der Waals surface area (Å²) >= 11 is 0. The lowest BCUT2D eigenvalue weighted by Crippen LogP contribution is -2.25. The van der Waals surface area contributed by atoms with Crippen LogP contribution in [0.1, 0.15) is 36.1 Å². The molecule has 16 heavy (non-hydrogen) atoms. The number of hydrogen-bond acceptors (Lipinski definition) is 2. The number of aryl methyl sites for hydroxylation is 2. The van der Waals surface area contributed by atoms with Gasteiger partial charge in [0, 0.05) is 6.04 Å². The molecule has 2 N–H and O–H groups in total. The number of rotatable bonds is 5. The highest BCUT2D eigenvalue weighted by Gasteiger charge is 2.11. The van der Waals surface area contributed by atoms with Crippen molar-refractivity contribution in [2.75, 3.05) is 20.1 Å². The third kappa shape index (κ3) is 3.62. The summed E-state index contributed by atoms with van der Waals surface area (Å²) in [4.78, 5) is 2.36. The molecular formula is C14H24N2. The van der Waals surface area contributed by atoms with Crippen LogP contribution in [0, 0.1) is 13.8 Å². The van der Waals surface area contributed by atoms with E-state index in [1.807, 2.05) is 0 Å². The van der Waals surface area contributed by atoms with Gasteiger partial charge in [-0.3, -0.25) is 4.90 Å². The standard InChI is InChI=1S/C14H24N2/c1-11-8-12(2)10-14(9-11)13(3)16(4)7-5-6-15/h8-10,13H,5-7,15H2,1-4H3. The first-order valence-corrected chi connectivity index (χ1v) is 6.03. The van der Waals surface area contributed by atoms with Crippen LogP contribution in [-0.4, -0.2) is 25.0 Å². The van der Waals surface area contributed by atoms with E-state index in [9.17, 15) is 0 Å². The molecule has 0 radical (unpaired) electrons. The molecule has 0 heterocycles. The fraction of sp³-hybridized carbons (Fsp3) is 0.571. The molecule has 2 nitrogen and oxygen atoms in total. The quantitative estimate of drug-likeness (QED) is 0.826. The van der Waals surface area contributed by atoms with Crippen molar-refractivity contribution >= 4 is 0 Å². The Hall–Kier alpha value is -0.860. The molecule has 0 amide bonds. The van der Waals surface area contributed by atoms with Crippen LogP contribution in [0.4, 0.5) is 0 Å². The zero-order valence-electron chi connectivity index (χ0n) is 11.0. The smallest absolute Gasteiger partial charge is 0.0317 e. The lowest BCUT2D eigenvalue weighted by molar-refractivity contribution is 0.260. The van der Waals surface area contributed by atoms with E-state index < -0.39 is 0 Å². The van der Waals surface area contributed by atoms with Gasteiger partial charge in [0.05, 0.1) is 0 Å². The molecule has 0 aliphatic carbocycles. The van der Waals surface area contributed by atoms with E-state index in [-0.39, 0.29) is 0 Å². The van der Waals surface area contributed by atoms with Crippen LogP contribution in [0.25, 0.3) is 0 Å². The summed E-state index contributed by atoms with van der Waals surface area (Å²) in [6.45, 7) is 8.39. The molecule has 0 spiro atoms. The molecule has 2 heteroatoms. The normalized spacial score (nSPS) is 13.1. The molecule has 1 unspecified atom stereocenters. The molecule has 0 aromatic heterocycles. The highest BCUT2D eigenvalue weighted by atomic mass is 15.1. The molecule has 0 bridgehead atoms. The maximum absolute atomic E-state index is 5.54. The maximum atomic E-state index is 5.54.